The van der Waals surface area contributed by atoms with Crippen molar-refractivity contribution >= 4 is 33.4 Å². The number of furan rings is 1. The summed E-state index contributed by atoms with van der Waals surface area (Å²) in [5.74, 6) is -0.217. The number of carbonyl (C=O) groups is 1. The van der Waals surface area contributed by atoms with Crippen LogP contribution in [0.15, 0.2) is 16.7 Å². The van der Waals surface area contributed by atoms with Gasteiger partial charge in [0.2, 0.25) is 5.22 Å². The fourth-order valence-electron chi connectivity index (χ4n) is 0.796. The van der Waals surface area contributed by atoms with Crippen molar-refractivity contribution in [3.05, 3.63) is 23.1 Å². The molecule has 1 amide bonds. The van der Waals surface area contributed by atoms with Crippen LogP contribution in [-0.4, -0.2) is 17.3 Å². The minimum Gasteiger partial charge on any atom is -0.452 e. The fourth-order valence-corrected chi connectivity index (χ4v) is 1.16. The van der Waals surface area contributed by atoms with Crippen LogP contribution < -0.4 is 5.32 Å². The minimum absolute atomic E-state index is 0.0680. The zero-order valence-electron chi connectivity index (χ0n) is 7.01. The van der Waals surface area contributed by atoms with Crippen molar-refractivity contribution in [3.8, 4) is 0 Å². The van der Waals surface area contributed by atoms with Crippen molar-refractivity contribution in [1.29, 1.82) is 0 Å². The summed E-state index contributed by atoms with van der Waals surface area (Å²) in [6.45, 7) is 1.89. The summed E-state index contributed by atoms with van der Waals surface area (Å²) in [5, 5.41) is 3.57. The van der Waals surface area contributed by atoms with Crippen LogP contribution in [0.25, 0.3) is 0 Å². The first-order chi connectivity index (χ1) is 6.15. The number of rotatable bonds is 3. The van der Waals surface area contributed by atoms with E-state index in [2.05, 4.69) is 21.2 Å². The van der Waals surface area contributed by atoms with Crippen LogP contribution in [-0.2, 0) is 0 Å². The SMILES string of the molecule is CC(CBr)NC(=O)c1ccoc1Cl. The molecule has 0 aliphatic heterocycles. The van der Waals surface area contributed by atoms with E-state index in [0.29, 0.717) is 10.9 Å². The molecule has 1 atom stereocenters. The van der Waals surface area contributed by atoms with Gasteiger partial charge in [-0.25, -0.2) is 0 Å². The number of hydrogen-bond donors (Lipinski definition) is 1. The normalized spacial score (nSPS) is 12.5. The lowest BCUT2D eigenvalue weighted by molar-refractivity contribution is 0.0943. The Hall–Kier alpha value is -0.480. The highest BCUT2D eigenvalue weighted by Crippen LogP contribution is 2.16. The molecular weight excluding hydrogens is 257 g/mol. The predicted octanol–water partition coefficient (Wildman–Crippen LogP) is 2.45. The molecule has 1 heterocycles. The maximum absolute atomic E-state index is 11.4. The van der Waals surface area contributed by atoms with E-state index in [0.717, 1.165) is 0 Å². The summed E-state index contributed by atoms with van der Waals surface area (Å²) in [6, 6.07) is 1.61. The molecule has 0 fully saturated rings. The fraction of sp³-hybridized carbons (Fsp3) is 0.375. The molecule has 1 aromatic rings. The Bertz CT molecular complexity index is 300. The first-order valence-corrected chi connectivity index (χ1v) is 5.25. The van der Waals surface area contributed by atoms with Crippen LogP contribution in [0, 0.1) is 0 Å². The molecule has 13 heavy (non-hydrogen) atoms. The van der Waals surface area contributed by atoms with Crippen molar-refractivity contribution in [1.82, 2.24) is 5.32 Å². The largest absolute Gasteiger partial charge is 0.452 e. The van der Waals surface area contributed by atoms with Crippen molar-refractivity contribution in [3.63, 3.8) is 0 Å². The maximum atomic E-state index is 11.4. The van der Waals surface area contributed by atoms with E-state index in [-0.39, 0.29) is 17.2 Å². The average Bonchev–Trinajstić information content (AvgIpc) is 2.51. The number of carbonyl (C=O) groups excluding carboxylic acids is 1. The molecule has 5 heteroatoms. The van der Waals surface area contributed by atoms with E-state index < -0.39 is 0 Å². The van der Waals surface area contributed by atoms with Gasteiger partial charge in [0.25, 0.3) is 5.91 Å². The molecule has 3 nitrogen and oxygen atoms in total. The lowest BCUT2D eigenvalue weighted by Gasteiger charge is -2.08. The molecule has 0 aromatic carbocycles. The highest BCUT2D eigenvalue weighted by Gasteiger charge is 2.14. The van der Waals surface area contributed by atoms with Crippen molar-refractivity contribution in [2.24, 2.45) is 0 Å². The van der Waals surface area contributed by atoms with Crippen molar-refractivity contribution < 1.29 is 9.21 Å². The Labute approximate surface area is 89.6 Å². The Kier molecular flexibility index (Phi) is 3.81. The maximum Gasteiger partial charge on any atom is 0.256 e. The molecule has 0 bridgehead atoms. The van der Waals surface area contributed by atoms with Gasteiger partial charge < -0.3 is 9.73 Å². The summed E-state index contributed by atoms with van der Waals surface area (Å²) in [5.41, 5.74) is 0.370. The summed E-state index contributed by atoms with van der Waals surface area (Å²) < 4.78 is 4.79. The van der Waals surface area contributed by atoms with Gasteiger partial charge in [-0.05, 0) is 24.6 Å². The average molecular weight is 267 g/mol. The van der Waals surface area contributed by atoms with Gasteiger partial charge in [0, 0.05) is 11.4 Å². The summed E-state index contributed by atoms with van der Waals surface area (Å²) in [4.78, 5) is 11.4. The first-order valence-electron chi connectivity index (χ1n) is 3.75. The smallest absolute Gasteiger partial charge is 0.256 e. The van der Waals surface area contributed by atoms with Crippen LogP contribution >= 0.6 is 27.5 Å². The van der Waals surface area contributed by atoms with Gasteiger partial charge in [-0.1, -0.05) is 15.9 Å². The Morgan fingerprint density at radius 2 is 2.54 bits per heavy atom. The van der Waals surface area contributed by atoms with Crippen LogP contribution in [0.4, 0.5) is 0 Å². The molecule has 1 N–H and O–H groups in total. The number of alkyl halides is 1. The second-order valence-corrected chi connectivity index (χ2v) is 3.63. The molecule has 0 aliphatic rings. The van der Waals surface area contributed by atoms with Crippen LogP contribution in [0.2, 0.25) is 5.22 Å². The van der Waals surface area contributed by atoms with Crippen LogP contribution in [0.1, 0.15) is 17.3 Å². The molecule has 0 aliphatic carbocycles. The van der Waals surface area contributed by atoms with E-state index in [1.54, 1.807) is 6.07 Å². The van der Waals surface area contributed by atoms with E-state index >= 15 is 0 Å². The molecule has 1 unspecified atom stereocenters. The van der Waals surface area contributed by atoms with Gasteiger partial charge in [0.15, 0.2) is 0 Å². The van der Waals surface area contributed by atoms with E-state index in [4.69, 9.17) is 16.0 Å². The summed E-state index contributed by atoms with van der Waals surface area (Å²) in [7, 11) is 0. The molecule has 1 rings (SSSR count). The Balaban J connectivity index is 2.64. The number of nitrogens with one attached hydrogen (secondary N) is 1. The molecule has 0 radical (unpaired) electrons. The highest BCUT2D eigenvalue weighted by molar-refractivity contribution is 9.09. The monoisotopic (exact) mass is 265 g/mol. The van der Waals surface area contributed by atoms with Gasteiger partial charge >= 0.3 is 0 Å². The standard InChI is InChI=1S/C8H9BrClNO2/c1-5(4-9)11-8(12)6-2-3-13-7(6)10/h2-3,5H,4H2,1H3,(H,11,12). The molecule has 0 saturated heterocycles. The molecule has 72 valence electrons. The third kappa shape index (κ3) is 2.74. The van der Waals surface area contributed by atoms with Gasteiger partial charge in [-0.3, -0.25) is 4.79 Å². The zero-order valence-corrected chi connectivity index (χ0v) is 9.35. The highest BCUT2D eigenvalue weighted by atomic mass is 79.9. The minimum atomic E-state index is -0.217. The predicted molar refractivity (Wildman–Crippen MR) is 54.4 cm³/mol. The Morgan fingerprint density at radius 3 is 3.00 bits per heavy atom. The third-order valence-corrected chi connectivity index (χ3v) is 2.74. The van der Waals surface area contributed by atoms with Crippen molar-refractivity contribution in [2.75, 3.05) is 5.33 Å². The van der Waals surface area contributed by atoms with E-state index in [1.807, 2.05) is 6.92 Å². The van der Waals surface area contributed by atoms with Crippen LogP contribution in [0.5, 0.6) is 0 Å². The van der Waals surface area contributed by atoms with Gasteiger partial charge in [0.1, 0.15) is 0 Å². The second-order valence-electron chi connectivity index (χ2n) is 2.64. The first kappa shape index (κ1) is 10.6. The third-order valence-electron chi connectivity index (χ3n) is 1.47. The van der Waals surface area contributed by atoms with Gasteiger partial charge in [0.05, 0.1) is 11.8 Å². The lowest BCUT2D eigenvalue weighted by atomic mass is 10.3. The molecule has 0 spiro atoms. The topological polar surface area (TPSA) is 42.2 Å². The zero-order chi connectivity index (χ0) is 9.84. The summed E-state index contributed by atoms with van der Waals surface area (Å²) in [6.07, 6.45) is 1.38. The molecule has 1 aromatic heterocycles. The van der Waals surface area contributed by atoms with Gasteiger partial charge in [-0.15, -0.1) is 0 Å². The quantitative estimate of drug-likeness (QED) is 0.854. The van der Waals surface area contributed by atoms with E-state index in [9.17, 15) is 4.79 Å². The number of halogens is 2. The summed E-state index contributed by atoms with van der Waals surface area (Å²) >= 11 is 8.88. The number of amides is 1. The Morgan fingerprint density at radius 1 is 1.85 bits per heavy atom. The molecule has 0 saturated carbocycles. The van der Waals surface area contributed by atoms with Gasteiger partial charge in [-0.2, -0.15) is 0 Å². The van der Waals surface area contributed by atoms with E-state index in [1.165, 1.54) is 6.26 Å². The lowest BCUT2D eigenvalue weighted by Crippen LogP contribution is -2.33. The van der Waals surface area contributed by atoms with Crippen LogP contribution in [0.3, 0.4) is 0 Å². The second kappa shape index (κ2) is 4.67. The molecular formula is C8H9BrClNO2. The number of hydrogen-bond acceptors (Lipinski definition) is 2. The van der Waals surface area contributed by atoms with Crippen molar-refractivity contribution in [2.45, 2.75) is 13.0 Å².